The fraction of sp³-hybridized carbons (Fsp3) is 0.400. The number of para-hydroxylation sites is 1. The van der Waals surface area contributed by atoms with Crippen LogP contribution in [0, 0.1) is 0 Å². The van der Waals surface area contributed by atoms with Crippen molar-refractivity contribution in [2.75, 3.05) is 6.54 Å². The molecule has 5 nitrogen and oxygen atoms in total. The van der Waals surface area contributed by atoms with Gasteiger partial charge in [0.2, 0.25) is 0 Å². The third kappa shape index (κ3) is 4.25. The van der Waals surface area contributed by atoms with E-state index in [0.29, 0.717) is 17.7 Å². The summed E-state index contributed by atoms with van der Waals surface area (Å²) in [5.41, 5.74) is 0.177. The number of nitrogens with one attached hydrogen (secondary N) is 1. The maximum atomic E-state index is 12.3. The zero-order valence-electron chi connectivity index (χ0n) is 12.5. The van der Waals surface area contributed by atoms with Gasteiger partial charge in [0.05, 0.1) is 6.20 Å². The molecule has 0 bridgehead atoms. The van der Waals surface area contributed by atoms with Gasteiger partial charge in [-0.1, -0.05) is 18.2 Å². The summed E-state index contributed by atoms with van der Waals surface area (Å²) in [6.07, 6.45) is 3.32. The Morgan fingerprint density at radius 1 is 1.41 bits per heavy atom. The molecule has 1 heterocycles. The van der Waals surface area contributed by atoms with Crippen molar-refractivity contribution < 1.29 is 18.6 Å². The SMILES string of the molecule is Cn1cc(C(C)(O)CNCc2ccccc2OC(F)F)cn1. The fourth-order valence-electron chi connectivity index (χ4n) is 2.10. The van der Waals surface area contributed by atoms with Crippen LogP contribution in [0.2, 0.25) is 0 Å². The van der Waals surface area contributed by atoms with Crippen LogP contribution >= 0.6 is 0 Å². The average molecular weight is 311 g/mol. The van der Waals surface area contributed by atoms with Crippen LogP contribution in [0.1, 0.15) is 18.1 Å². The minimum atomic E-state index is -2.86. The van der Waals surface area contributed by atoms with Crippen LogP contribution in [0.5, 0.6) is 5.75 Å². The molecule has 0 aliphatic carbocycles. The van der Waals surface area contributed by atoms with Gasteiger partial charge in [-0.25, -0.2) is 0 Å². The zero-order valence-corrected chi connectivity index (χ0v) is 12.5. The maximum Gasteiger partial charge on any atom is 0.387 e. The second kappa shape index (κ2) is 6.85. The Hall–Kier alpha value is -1.99. The minimum Gasteiger partial charge on any atom is -0.434 e. The highest BCUT2D eigenvalue weighted by Gasteiger charge is 2.24. The van der Waals surface area contributed by atoms with E-state index in [2.05, 4.69) is 15.2 Å². The Morgan fingerprint density at radius 2 is 2.14 bits per heavy atom. The van der Waals surface area contributed by atoms with E-state index in [9.17, 15) is 13.9 Å². The van der Waals surface area contributed by atoms with Crippen molar-refractivity contribution >= 4 is 0 Å². The van der Waals surface area contributed by atoms with Crippen molar-refractivity contribution in [3.8, 4) is 5.75 Å². The summed E-state index contributed by atoms with van der Waals surface area (Å²) in [4.78, 5) is 0. The number of benzene rings is 1. The number of halogens is 2. The molecule has 0 spiro atoms. The number of aromatic nitrogens is 2. The van der Waals surface area contributed by atoms with Gasteiger partial charge < -0.3 is 15.2 Å². The lowest BCUT2D eigenvalue weighted by atomic mass is 9.99. The third-order valence-electron chi connectivity index (χ3n) is 3.30. The number of rotatable bonds is 7. The van der Waals surface area contributed by atoms with Gasteiger partial charge in [-0.2, -0.15) is 13.9 Å². The Bertz CT molecular complexity index is 614. The molecule has 7 heteroatoms. The van der Waals surface area contributed by atoms with Crippen molar-refractivity contribution in [1.29, 1.82) is 0 Å². The predicted molar refractivity (Wildman–Crippen MR) is 77.6 cm³/mol. The fourth-order valence-corrected chi connectivity index (χ4v) is 2.10. The quantitative estimate of drug-likeness (QED) is 0.821. The van der Waals surface area contributed by atoms with E-state index >= 15 is 0 Å². The van der Waals surface area contributed by atoms with Gasteiger partial charge in [-0.15, -0.1) is 0 Å². The standard InChI is InChI=1S/C15H19F2N3O2/c1-15(21,12-8-19-20(2)9-12)10-18-7-11-5-3-4-6-13(11)22-14(16)17/h3-6,8-9,14,18,21H,7,10H2,1-2H3. The lowest BCUT2D eigenvalue weighted by molar-refractivity contribution is -0.0505. The Morgan fingerprint density at radius 3 is 2.77 bits per heavy atom. The summed E-state index contributed by atoms with van der Waals surface area (Å²) in [6, 6.07) is 6.56. The molecule has 1 aromatic heterocycles. The molecule has 120 valence electrons. The summed E-state index contributed by atoms with van der Waals surface area (Å²) < 4.78 is 30.8. The number of alkyl halides is 2. The van der Waals surface area contributed by atoms with Crippen molar-refractivity contribution in [1.82, 2.24) is 15.1 Å². The number of hydrogen-bond acceptors (Lipinski definition) is 4. The summed E-state index contributed by atoms with van der Waals surface area (Å²) in [5, 5.41) is 17.5. The highest BCUT2D eigenvalue weighted by atomic mass is 19.3. The second-order valence-corrected chi connectivity index (χ2v) is 5.27. The molecular weight excluding hydrogens is 292 g/mol. The molecule has 1 unspecified atom stereocenters. The van der Waals surface area contributed by atoms with Crippen LogP contribution in [0.15, 0.2) is 36.7 Å². The molecule has 0 radical (unpaired) electrons. The molecule has 0 aliphatic rings. The second-order valence-electron chi connectivity index (χ2n) is 5.27. The average Bonchev–Trinajstić information content (AvgIpc) is 2.87. The molecule has 2 rings (SSSR count). The first-order chi connectivity index (χ1) is 10.4. The summed E-state index contributed by atoms with van der Waals surface area (Å²) in [7, 11) is 1.77. The first kappa shape index (κ1) is 16.4. The van der Waals surface area contributed by atoms with E-state index in [1.165, 1.54) is 6.07 Å². The van der Waals surface area contributed by atoms with Crippen molar-refractivity contribution in [2.45, 2.75) is 25.7 Å². The third-order valence-corrected chi connectivity index (χ3v) is 3.30. The molecule has 0 aliphatic heterocycles. The highest BCUT2D eigenvalue weighted by Crippen LogP contribution is 2.22. The van der Waals surface area contributed by atoms with Gasteiger partial charge in [0.15, 0.2) is 0 Å². The number of nitrogens with zero attached hydrogens (tertiary/aromatic N) is 2. The first-order valence-corrected chi connectivity index (χ1v) is 6.83. The van der Waals surface area contributed by atoms with E-state index in [1.807, 2.05) is 0 Å². The molecule has 0 saturated heterocycles. The predicted octanol–water partition coefficient (Wildman–Crippen LogP) is 2.02. The van der Waals surface area contributed by atoms with Crippen LogP contribution in [0.4, 0.5) is 8.78 Å². The van der Waals surface area contributed by atoms with Crippen molar-refractivity contribution in [2.24, 2.45) is 7.05 Å². The lowest BCUT2D eigenvalue weighted by Gasteiger charge is -2.22. The Kier molecular flexibility index (Phi) is 5.10. The van der Waals surface area contributed by atoms with Crippen molar-refractivity contribution in [3.63, 3.8) is 0 Å². The van der Waals surface area contributed by atoms with Crippen LogP contribution < -0.4 is 10.1 Å². The molecule has 0 fully saturated rings. The molecule has 22 heavy (non-hydrogen) atoms. The summed E-state index contributed by atoms with van der Waals surface area (Å²) >= 11 is 0. The molecule has 1 atom stereocenters. The normalized spacial score (nSPS) is 14.1. The Labute approximate surface area is 127 Å². The van der Waals surface area contributed by atoms with Crippen LogP contribution in [0.25, 0.3) is 0 Å². The number of ether oxygens (including phenoxy) is 1. The monoisotopic (exact) mass is 311 g/mol. The molecule has 1 aromatic carbocycles. The van der Waals surface area contributed by atoms with Crippen LogP contribution in [0.3, 0.4) is 0 Å². The van der Waals surface area contributed by atoms with E-state index < -0.39 is 12.2 Å². The Balaban J connectivity index is 1.96. The summed E-state index contributed by atoms with van der Waals surface area (Å²) in [6.45, 7) is -0.640. The van der Waals surface area contributed by atoms with Gasteiger partial charge in [0, 0.05) is 37.5 Å². The van der Waals surface area contributed by atoms with Crippen LogP contribution in [-0.2, 0) is 19.2 Å². The zero-order chi connectivity index (χ0) is 16.2. The molecule has 0 saturated carbocycles. The maximum absolute atomic E-state index is 12.3. The number of aliphatic hydroxyl groups is 1. The van der Waals surface area contributed by atoms with Crippen molar-refractivity contribution in [3.05, 3.63) is 47.8 Å². The van der Waals surface area contributed by atoms with E-state index in [0.717, 1.165) is 0 Å². The highest BCUT2D eigenvalue weighted by molar-refractivity contribution is 5.33. The molecular formula is C15H19F2N3O2. The van der Waals surface area contributed by atoms with Gasteiger partial charge in [-0.3, -0.25) is 4.68 Å². The minimum absolute atomic E-state index is 0.131. The van der Waals surface area contributed by atoms with Crippen LogP contribution in [-0.4, -0.2) is 28.0 Å². The van der Waals surface area contributed by atoms with Gasteiger partial charge in [-0.05, 0) is 13.0 Å². The van der Waals surface area contributed by atoms with Gasteiger partial charge >= 0.3 is 6.61 Å². The molecule has 2 aromatic rings. The lowest BCUT2D eigenvalue weighted by Crippen LogP contribution is -2.35. The molecule has 0 amide bonds. The van der Waals surface area contributed by atoms with E-state index in [4.69, 9.17) is 0 Å². The number of aryl methyl sites for hydroxylation is 1. The van der Waals surface area contributed by atoms with E-state index in [-0.39, 0.29) is 12.3 Å². The topological polar surface area (TPSA) is 59.3 Å². The van der Waals surface area contributed by atoms with Gasteiger partial charge in [0.25, 0.3) is 0 Å². The molecule has 2 N–H and O–H groups in total. The summed E-state index contributed by atoms with van der Waals surface area (Å²) in [5.74, 6) is 0.131. The largest absolute Gasteiger partial charge is 0.434 e. The van der Waals surface area contributed by atoms with Gasteiger partial charge in [0.1, 0.15) is 11.4 Å². The first-order valence-electron chi connectivity index (χ1n) is 6.83. The van der Waals surface area contributed by atoms with E-state index in [1.54, 1.807) is 49.2 Å². The number of hydrogen-bond donors (Lipinski definition) is 2. The smallest absolute Gasteiger partial charge is 0.387 e.